The molecule has 0 spiro atoms. The van der Waals surface area contributed by atoms with Gasteiger partial charge in [-0.25, -0.2) is 13.1 Å². The van der Waals surface area contributed by atoms with Crippen LogP contribution in [0.2, 0.25) is 0 Å². The third-order valence-corrected chi connectivity index (χ3v) is 5.36. The van der Waals surface area contributed by atoms with Gasteiger partial charge in [0.2, 0.25) is 10.0 Å². The molecule has 4 atom stereocenters. The van der Waals surface area contributed by atoms with Gasteiger partial charge < -0.3 is 5.11 Å². The molecule has 5 nitrogen and oxygen atoms in total. The lowest BCUT2D eigenvalue weighted by Crippen LogP contribution is -2.44. The van der Waals surface area contributed by atoms with E-state index in [9.17, 15) is 13.2 Å². The van der Waals surface area contributed by atoms with Gasteiger partial charge in [0.15, 0.2) is 5.25 Å². The molecule has 0 aromatic rings. The van der Waals surface area contributed by atoms with E-state index in [0.29, 0.717) is 5.92 Å². The van der Waals surface area contributed by atoms with E-state index in [0.717, 1.165) is 12.8 Å². The van der Waals surface area contributed by atoms with Crippen LogP contribution >= 0.6 is 0 Å². The third-order valence-electron chi connectivity index (χ3n) is 3.59. The Labute approximate surface area is 96.3 Å². The largest absolute Gasteiger partial charge is 0.480 e. The van der Waals surface area contributed by atoms with Crippen LogP contribution in [-0.4, -0.2) is 30.8 Å². The maximum atomic E-state index is 11.7. The summed E-state index contributed by atoms with van der Waals surface area (Å²) in [5, 5.41) is 7.30. The molecule has 0 aromatic heterocycles. The van der Waals surface area contributed by atoms with E-state index in [2.05, 4.69) is 11.6 Å². The van der Waals surface area contributed by atoms with E-state index in [1.807, 2.05) is 6.92 Å². The summed E-state index contributed by atoms with van der Waals surface area (Å²) in [5.74, 6) is -0.574. The van der Waals surface area contributed by atoms with Gasteiger partial charge in [-0.15, -0.1) is 0 Å². The van der Waals surface area contributed by atoms with Gasteiger partial charge >= 0.3 is 5.97 Å². The topological polar surface area (TPSA) is 83.5 Å². The highest BCUT2D eigenvalue weighted by Gasteiger charge is 2.36. The molecule has 94 valence electrons. The van der Waals surface area contributed by atoms with Crippen molar-refractivity contribution in [3.05, 3.63) is 0 Å². The lowest BCUT2D eigenvalue weighted by Gasteiger charge is -2.20. The van der Waals surface area contributed by atoms with Crippen LogP contribution in [0.5, 0.6) is 0 Å². The zero-order chi connectivity index (χ0) is 12.5. The van der Waals surface area contributed by atoms with Gasteiger partial charge in [-0.1, -0.05) is 13.8 Å². The van der Waals surface area contributed by atoms with Crippen molar-refractivity contribution in [1.29, 1.82) is 0 Å². The Hall–Kier alpha value is -0.620. The van der Waals surface area contributed by atoms with Crippen molar-refractivity contribution in [3.8, 4) is 0 Å². The van der Waals surface area contributed by atoms with E-state index in [1.54, 1.807) is 0 Å². The van der Waals surface area contributed by atoms with Gasteiger partial charge in [0.25, 0.3) is 0 Å². The summed E-state index contributed by atoms with van der Waals surface area (Å²) in [6.07, 6.45) is 1.77. The van der Waals surface area contributed by atoms with Crippen molar-refractivity contribution in [1.82, 2.24) is 4.72 Å². The average molecular weight is 249 g/mol. The number of carboxylic acids is 1. The van der Waals surface area contributed by atoms with Crippen LogP contribution < -0.4 is 4.72 Å². The van der Waals surface area contributed by atoms with Gasteiger partial charge in [0, 0.05) is 6.04 Å². The summed E-state index contributed by atoms with van der Waals surface area (Å²) in [7, 11) is -3.75. The molecular formula is C10H19NO4S. The van der Waals surface area contributed by atoms with Crippen LogP contribution in [0.4, 0.5) is 0 Å². The Bertz CT molecular complexity index is 365. The van der Waals surface area contributed by atoms with Gasteiger partial charge in [-0.05, 0) is 31.6 Å². The number of rotatable bonds is 4. The molecule has 4 unspecified atom stereocenters. The normalized spacial score (nSPS) is 32.6. The number of nitrogens with one attached hydrogen (secondary N) is 1. The SMILES string of the molecule is CC1CCC(NS(=O)(=O)C(C)C(=O)O)C1C. The van der Waals surface area contributed by atoms with Crippen LogP contribution in [0.3, 0.4) is 0 Å². The first-order valence-electron chi connectivity index (χ1n) is 5.49. The molecule has 6 heteroatoms. The van der Waals surface area contributed by atoms with Crippen molar-refractivity contribution < 1.29 is 18.3 Å². The zero-order valence-electron chi connectivity index (χ0n) is 9.80. The molecule has 0 amide bonds. The van der Waals surface area contributed by atoms with E-state index in [1.165, 1.54) is 6.92 Å². The standard InChI is InChI=1S/C10H19NO4S/c1-6-4-5-9(7(6)2)11-16(14,15)8(3)10(12)13/h6-9,11H,4-5H2,1-3H3,(H,12,13). The highest BCUT2D eigenvalue weighted by molar-refractivity contribution is 7.90. The average Bonchev–Trinajstić information content (AvgIpc) is 2.48. The smallest absolute Gasteiger partial charge is 0.323 e. The highest BCUT2D eigenvalue weighted by Crippen LogP contribution is 2.31. The maximum absolute atomic E-state index is 11.7. The van der Waals surface area contributed by atoms with Crippen molar-refractivity contribution >= 4 is 16.0 Å². The van der Waals surface area contributed by atoms with Crippen LogP contribution in [0.15, 0.2) is 0 Å². The molecule has 0 aromatic carbocycles. The molecule has 1 saturated carbocycles. The number of carboxylic acid groups (broad SMARTS) is 1. The monoisotopic (exact) mass is 249 g/mol. The summed E-state index contributed by atoms with van der Waals surface area (Å²) in [5.41, 5.74) is 0. The fraction of sp³-hybridized carbons (Fsp3) is 0.900. The minimum Gasteiger partial charge on any atom is -0.480 e. The fourth-order valence-corrected chi connectivity index (χ4v) is 3.20. The third kappa shape index (κ3) is 2.74. The first-order chi connectivity index (χ1) is 7.25. The molecule has 0 radical (unpaired) electrons. The predicted octanol–water partition coefficient (Wildman–Crippen LogP) is 0.813. The van der Waals surface area contributed by atoms with Crippen LogP contribution in [0.1, 0.15) is 33.6 Å². The molecule has 0 aliphatic heterocycles. The molecule has 0 heterocycles. The number of hydrogen-bond donors (Lipinski definition) is 2. The van der Waals surface area contributed by atoms with E-state index in [-0.39, 0.29) is 12.0 Å². The molecule has 2 N–H and O–H groups in total. The van der Waals surface area contributed by atoms with Crippen LogP contribution in [0.25, 0.3) is 0 Å². The molecule has 1 rings (SSSR count). The minimum atomic E-state index is -3.75. The zero-order valence-corrected chi connectivity index (χ0v) is 10.6. The second-order valence-corrected chi connectivity index (χ2v) is 6.70. The molecule has 1 aliphatic rings. The molecule has 16 heavy (non-hydrogen) atoms. The second kappa shape index (κ2) is 4.71. The van der Waals surface area contributed by atoms with Crippen LogP contribution in [-0.2, 0) is 14.8 Å². The Morgan fingerprint density at radius 2 is 1.94 bits per heavy atom. The van der Waals surface area contributed by atoms with Gasteiger partial charge in [-0.3, -0.25) is 4.79 Å². The fourth-order valence-electron chi connectivity index (χ4n) is 1.98. The van der Waals surface area contributed by atoms with Gasteiger partial charge in [-0.2, -0.15) is 0 Å². The molecule has 1 aliphatic carbocycles. The van der Waals surface area contributed by atoms with Gasteiger partial charge in [0.05, 0.1) is 0 Å². The Morgan fingerprint density at radius 3 is 2.31 bits per heavy atom. The Kier molecular flexibility index (Phi) is 3.96. The summed E-state index contributed by atoms with van der Waals surface area (Å²) in [4.78, 5) is 10.6. The van der Waals surface area contributed by atoms with Crippen molar-refractivity contribution in [2.75, 3.05) is 0 Å². The predicted molar refractivity (Wildman–Crippen MR) is 60.5 cm³/mol. The first-order valence-corrected chi connectivity index (χ1v) is 7.04. The molecule has 1 fully saturated rings. The van der Waals surface area contributed by atoms with E-state index < -0.39 is 21.2 Å². The van der Waals surface area contributed by atoms with Crippen molar-refractivity contribution in [2.24, 2.45) is 11.8 Å². The highest BCUT2D eigenvalue weighted by atomic mass is 32.2. The first kappa shape index (κ1) is 13.4. The molecular weight excluding hydrogens is 230 g/mol. The Morgan fingerprint density at radius 1 is 1.38 bits per heavy atom. The number of aliphatic carboxylic acids is 1. The van der Waals surface area contributed by atoms with Crippen molar-refractivity contribution in [3.63, 3.8) is 0 Å². The summed E-state index contributed by atoms with van der Waals surface area (Å²) >= 11 is 0. The maximum Gasteiger partial charge on any atom is 0.323 e. The quantitative estimate of drug-likeness (QED) is 0.772. The number of carbonyl (C=O) groups is 1. The minimum absolute atomic E-state index is 0.123. The van der Waals surface area contributed by atoms with Gasteiger partial charge in [0.1, 0.15) is 0 Å². The van der Waals surface area contributed by atoms with E-state index in [4.69, 9.17) is 5.11 Å². The molecule has 0 saturated heterocycles. The van der Waals surface area contributed by atoms with E-state index >= 15 is 0 Å². The van der Waals surface area contributed by atoms with Crippen molar-refractivity contribution in [2.45, 2.75) is 44.9 Å². The lowest BCUT2D eigenvalue weighted by atomic mass is 9.98. The summed E-state index contributed by atoms with van der Waals surface area (Å²) < 4.78 is 25.9. The second-order valence-electron chi connectivity index (χ2n) is 4.66. The number of sulfonamides is 1. The summed E-state index contributed by atoms with van der Waals surface area (Å²) in [6.45, 7) is 5.27. The summed E-state index contributed by atoms with van der Waals surface area (Å²) in [6, 6.07) is -0.123. The lowest BCUT2D eigenvalue weighted by molar-refractivity contribution is -0.136. The number of hydrogen-bond acceptors (Lipinski definition) is 3. The Balaban J connectivity index is 2.71. The van der Waals surface area contributed by atoms with Crippen LogP contribution in [0, 0.1) is 11.8 Å². The molecule has 0 bridgehead atoms.